The first-order valence-corrected chi connectivity index (χ1v) is 6.16. The Kier molecular flexibility index (Phi) is 6.46. The molecule has 0 aliphatic carbocycles. The molecule has 0 N–H and O–H groups in total. The fourth-order valence-corrected chi connectivity index (χ4v) is 1.60. The van der Waals surface area contributed by atoms with Gasteiger partial charge in [-0.1, -0.05) is 72.8 Å². The third-order valence-corrected chi connectivity index (χ3v) is 2.78. The van der Waals surface area contributed by atoms with Crippen molar-refractivity contribution in [3.63, 3.8) is 0 Å². The van der Waals surface area contributed by atoms with Crippen LogP contribution in [0.15, 0.2) is 61.2 Å². The van der Waals surface area contributed by atoms with Gasteiger partial charge >= 0.3 is 0 Å². The number of rotatable bonds is 2. The lowest BCUT2D eigenvalue weighted by Gasteiger charge is -1.92. The molecule has 0 saturated heterocycles. The number of hydrogen-bond acceptors (Lipinski definition) is 0. The molecular formula is C15H14Cl2. The van der Waals surface area contributed by atoms with Gasteiger partial charge in [-0.2, -0.15) is 0 Å². The first kappa shape index (κ1) is 13.8. The molecule has 0 aromatic heterocycles. The van der Waals surface area contributed by atoms with Gasteiger partial charge in [0, 0.05) is 10.9 Å². The molecule has 0 atom stereocenters. The highest BCUT2D eigenvalue weighted by atomic mass is 35.5. The van der Waals surface area contributed by atoms with E-state index in [1.54, 1.807) is 6.08 Å². The van der Waals surface area contributed by atoms with Gasteiger partial charge in [0.25, 0.3) is 0 Å². The molecular weight excluding hydrogens is 251 g/mol. The maximum absolute atomic E-state index is 5.75. The molecule has 0 spiro atoms. The predicted molar refractivity (Wildman–Crippen MR) is 77.5 cm³/mol. The van der Waals surface area contributed by atoms with E-state index in [2.05, 4.69) is 6.58 Å². The summed E-state index contributed by atoms with van der Waals surface area (Å²) in [7, 11) is 0. The second-order valence-corrected chi connectivity index (χ2v) is 4.02. The minimum atomic E-state index is 0.612. The Morgan fingerprint density at radius 1 is 0.941 bits per heavy atom. The van der Waals surface area contributed by atoms with Crippen molar-refractivity contribution in [2.75, 3.05) is 0 Å². The molecule has 0 saturated carbocycles. The predicted octanol–water partition coefficient (Wildman–Crippen LogP) is 5.41. The third kappa shape index (κ3) is 5.08. The van der Waals surface area contributed by atoms with Crippen molar-refractivity contribution in [1.29, 1.82) is 0 Å². The molecule has 2 aromatic rings. The summed E-state index contributed by atoms with van der Waals surface area (Å²) in [6.45, 7) is 3.61. The summed E-state index contributed by atoms with van der Waals surface area (Å²) >= 11 is 11.3. The molecule has 0 amide bonds. The van der Waals surface area contributed by atoms with Gasteiger partial charge in [0.2, 0.25) is 0 Å². The van der Waals surface area contributed by atoms with Crippen molar-refractivity contribution in [3.05, 3.63) is 77.3 Å². The summed E-state index contributed by atoms with van der Waals surface area (Å²) < 4.78 is 0. The Labute approximate surface area is 113 Å². The molecule has 0 aliphatic rings. The topological polar surface area (TPSA) is 0 Å². The number of hydrogen-bond donors (Lipinski definition) is 0. The fourth-order valence-electron chi connectivity index (χ4n) is 1.21. The Bertz CT molecular complexity index is 449. The van der Waals surface area contributed by atoms with Crippen LogP contribution in [0.4, 0.5) is 0 Å². The average molecular weight is 265 g/mol. The van der Waals surface area contributed by atoms with E-state index in [4.69, 9.17) is 23.2 Å². The molecule has 0 nitrogen and oxygen atoms in total. The maximum Gasteiger partial charge on any atom is 0.0478 e. The van der Waals surface area contributed by atoms with Crippen LogP contribution < -0.4 is 0 Å². The van der Waals surface area contributed by atoms with E-state index in [1.807, 2.05) is 54.6 Å². The van der Waals surface area contributed by atoms with Crippen molar-refractivity contribution in [3.8, 4) is 0 Å². The van der Waals surface area contributed by atoms with Crippen LogP contribution in [0.25, 0.3) is 6.08 Å². The first-order chi connectivity index (χ1) is 8.27. The van der Waals surface area contributed by atoms with Crippen LogP contribution in [-0.2, 0) is 5.88 Å². The normalized spacial score (nSPS) is 9.06. The third-order valence-electron chi connectivity index (χ3n) is 2.12. The highest BCUT2D eigenvalue weighted by molar-refractivity contribution is 6.32. The molecule has 0 bridgehead atoms. The monoisotopic (exact) mass is 264 g/mol. The van der Waals surface area contributed by atoms with Crippen molar-refractivity contribution < 1.29 is 0 Å². The zero-order valence-electron chi connectivity index (χ0n) is 9.44. The SMILES string of the molecule is C=Cc1ccccc1Cl.ClCc1ccccc1. The van der Waals surface area contributed by atoms with E-state index >= 15 is 0 Å². The van der Waals surface area contributed by atoms with Crippen molar-refractivity contribution >= 4 is 29.3 Å². The molecule has 2 rings (SSSR count). The van der Waals surface area contributed by atoms with E-state index in [1.165, 1.54) is 5.56 Å². The average Bonchev–Trinajstić information content (AvgIpc) is 2.41. The Morgan fingerprint density at radius 3 is 1.94 bits per heavy atom. The van der Waals surface area contributed by atoms with Gasteiger partial charge < -0.3 is 0 Å². The summed E-state index contributed by atoms with van der Waals surface area (Å²) in [6.07, 6.45) is 1.74. The van der Waals surface area contributed by atoms with E-state index < -0.39 is 0 Å². The van der Waals surface area contributed by atoms with Gasteiger partial charge in [0.1, 0.15) is 0 Å². The van der Waals surface area contributed by atoms with Crippen LogP contribution in [0.5, 0.6) is 0 Å². The molecule has 0 heterocycles. The Balaban J connectivity index is 0.000000171. The smallest absolute Gasteiger partial charge is 0.0478 e. The van der Waals surface area contributed by atoms with Gasteiger partial charge in [0.15, 0.2) is 0 Å². The van der Waals surface area contributed by atoms with Gasteiger partial charge in [-0.25, -0.2) is 0 Å². The van der Waals surface area contributed by atoms with Crippen LogP contribution in [-0.4, -0.2) is 0 Å². The summed E-state index contributed by atoms with van der Waals surface area (Å²) in [5.74, 6) is 0.612. The van der Waals surface area contributed by atoms with Crippen LogP contribution in [0.2, 0.25) is 5.02 Å². The number of alkyl halides is 1. The largest absolute Gasteiger partial charge is 0.122 e. The van der Waals surface area contributed by atoms with Gasteiger partial charge in [-0.3, -0.25) is 0 Å². The molecule has 0 unspecified atom stereocenters. The molecule has 0 aliphatic heterocycles. The first-order valence-electron chi connectivity index (χ1n) is 5.24. The summed E-state index contributed by atoms with van der Waals surface area (Å²) in [4.78, 5) is 0. The van der Waals surface area contributed by atoms with Crippen LogP contribution in [0.1, 0.15) is 11.1 Å². The van der Waals surface area contributed by atoms with Crippen LogP contribution in [0.3, 0.4) is 0 Å². The Hall–Kier alpha value is -1.24. The zero-order chi connectivity index (χ0) is 12.5. The molecule has 2 aromatic carbocycles. The van der Waals surface area contributed by atoms with E-state index in [-0.39, 0.29) is 0 Å². The fraction of sp³-hybridized carbons (Fsp3) is 0.0667. The van der Waals surface area contributed by atoms with Gasteiger partial charge in [0.05, 0.1) is 0 Å². The quantitative estimate of drug-likeness (QED) is 0.637. The number of benzene rings is 2. The van der Waals surface area contributed by atoms with E-state index in [0.717, 1.165) is 10.6 Å². The highest BCUT2D eigenvalue weighted by Crippen LogP contribution is 2.14. The lowest BCUT2D eigenvalue weighted by molar-refractivity contribution is 1.41. The van der Waals surface area contributed by atoms with Crippen LogP contribution in [0, 0.1) is 0 Å². The Morgan fingerprint density at radius 2 is 1.53 bits per heavy atom. The summed E-state index contributed by atoms with van der Waals surface area (Å²) in [5, 5.41) is 0.757. The van der Waals surface area contributed by atoms with Crippen molar-refractivity contribution in [1.82, 2.24) is 0 Å². The van der Waals surface area contributed by atoms with Crippen molar-refractivity contribution in [2.24, 2.45) is 0 Å². The maximum atomic E-state index is 5.75. The molecule has 0 fully saturated rings. The van der Waals surface area contributed by atoms with Crippen LogP contribution >= 0.6 is 23.2 Å². The highest BCUT2D eigenvalue weighted by Gasteiger charge is 1.89. The molecule has 88 valence electrons. The molecule has 2 heteroatoms. The van der Waals surface area contributed by atoms with Gasteiger partial charge in [-0.15, -0.1) is 11.6 Å². The lowest BCUT2D eigenvalue weighted by Crippen LogP contribution is -1.71. The lowest BCUT2D eigenvalue weighted by atomic mass is 10.2. The standard InChI is InChI=1S/C8H7Cl.C7H7Cl/c1-2-7-5-3-4-6-8(7)9;8-6-7-4-2-1-3-5-7/h2-6H,1H2;1-5H,6H2. The second-order valence-electron chi connectivity index (χ2n) is 3.34. The molecule has 17 heavy (non-hydrogen) atoms. The second kappa shape index (κ2) is 7.94. The minimum Gasteiger partial charge on any atom is -0.122 e. The van der Waals surface area contributed by atoms with E-state index in [0.29, 0.717) is 5.88 Å². The van der Waals surface area contributed by atoms with Gasteiger partial charge in [-0.05, 0) is 17.2 Å². The van der Waals surface area contributed by atoms with E-state index in [9.17, 15) is 0 Å². The number of halogens is 2. The zero-order valence-corrected chi connectivity index (χ0v) is 11.0. The van der Waals surface area contributed by atoms with Crippen molar-refractivity contribution in [2.45, 2.75) is 5.88 Å². The summed E-state index contributed by atoms with van der Waals surface area (Å²) in [6, 6.07) is 17.6. The summed E-state index contributed by atoms with van der Waals surface area (Å²) in [5.41, 5.74) is 2.16. The molecule has 0 radical (unpaired) electrons. The minimum absolute atomic E-state index is 0.612.